The summed E-state index contributed by atoms with van der Waals surface area (Å²) in [6.45, 7) is 4.37. The second kappa shape index (κ2) is 6.04. The van der Waals surface area contributed by atoms with E-state index in [1.54, 1.807) is 0 Å². The Labute approximate surface area is 124 Å². The molecule has 0 saturated carbocycles. The molecule has 2 heterocycles. The maximum atomic E-state index is 6.42. The Morgan fingerprint density at radius 3 is 2.84 bits per heavy atom. The average Bonchev–Trinajstić information content (AvgIpc) is 2.93. The number of nitrogens with two attached hydrogens (primary N) is 1. The van der Waals surface area contributed by atoms with Crippen LogP contribution >= 0.6 is 23.4 Å². The van der Waals surface area contributed by atoms with E-state index in [2.05, 4.69) is 24.4 Å². The third-order valence-electron chi connectivity index (χ3n) is 4.09. The van der Waals surface area contributed by atoms with Gasteiger partial charge in [0.05, 0.1) is 16.4 Å². The molecule has 2 unspecified atom stereocenters. The van der Waals surface area contributed by atoms with E-state index in [4.69, 9.17) is 17.4 Å². The first kappa shape index (κ1) is 15.2. The summed E-state index contributed by atoms with van der Waals surface area (Å²) in [7, 11) is 1.96. The molecule has 4 nitrogen and oxygen atoms in total. The molecule has 3 N–H and O–H groups in total. The van der Waals surface area contributed by atoms with Crippen molar-refractivity contribution in [1.29, 1.82) is 0 Å². The summed E-state index contributed by atoms with van der Waals surface area (Å²) >= 11 is 8.43. The number of rotatable bonds is 5. The smallest absolute Gasteiger partial charge is 0.0850 e. The van der Waals surface area contributed by atoms with E-state index in [-0.39, 0.29) is 10.8 Å². The lowest BCUT2D eigenvalue weighted by Gasteiger charge is -2.32. The Morgan fingerprint density at radius 2 is 2.37 bits per heavy atom. The van der Waals surface area contributed by atoms with Crippen molar-refractivity contribution in [2.24, 2.45) is 12.9 Å². The lowest BCUT2D eigenvalue weighted by atomic mass is 9.93. The van der Waals surface area contributed by atoms with Gasteiger partial charge in [-0.3, -0.25) is 16.0 Å². The minimum atomic E-state index is 0.189. The third-order valence-corrected chi connectivity index (χ3v) is 6.17. The minimum absolute atomic E-state index is 0.189. The molecule has 1 aromatic heterocycles. The van der Waals surface area contributed by atoms with Crippen molar-refractivity contribution in [3.05, 3.63) is 16.4 Å². The Kier molecular flexibility index (Phi) is 4.82. The summed E-state index contributed by atoms with van der Waals surface area (Å²) in [5.41, 5.74) is 5.04. The number of halogens is 1. The number of nitrogens with zero attached hydrogens (tertiary/aromatic N) is 2. The molecule has 108 valence electrons. The Hall–Kier alpha value is -0.230. The molecule has 0 radical (unpaired) electrons. The molecule has 1 aliphatic rings. The zero-order chi connectivity index (χ0) is 14.0. The summed E-state index contributed by atoms with van der Waals surface area (Å²) in [6, 6.07) is 0.220. The molecule has 19 heavy (non-hydrogen) atoms. The van der Waals surface area contributed by atoms with Gasteiger partial charge in [0, 0.05) is 24.3 Å². The second-order valence-electron chi connectivity index (χ2n) is 5.37. The first-order valence-electron chi connectivity index (χ1n) is 6.82. The molecule has 1 saturated heterocycles. The molecule has 2 rings (SSSR count). The molecule has 6 heteroatoms. The fourth-order valence-electron chi connectivity index (χ4n) is 2.76. The lowest BCUT2D eigenvalue weighted by molar-refractivity contribution is 0.398. The molecule has 0 bridgehead atoms. The van der Waals surface area contributed by atoms with Gasteiger partial charge >= 0.3 is 0 Å². The maximum Gasteiger partial charge on any atom is 0.0850 e. The van der Waals surface area contributed by atoms with Crippen molar-refractivity contribution in [3.8, 4) is 0 Å². The predicted octanol–water partition coefficient (Wildman–Crippen LogP) is 2.30. The SMILES string of the molecule is CCc1nn(C)c(CC(NN)C2(C)CCCS2)c1Cl. The highest BCUT2D eigenvalue weighted by molar-refractivity contribution is 8.00. The topological polar surface area (TPSA) is 55.9 Å². The Bertz CT molecular complexity index is 440. The molecule has 0 spiro atoms. The van der Waals surface area contributed by atoms with E-state index < -0.39 is 0 Å². The first-order chi connectivity index (χ1) is 9.01. The standard InChI is InChI=1S/C13H23ClN4S/c1-4-9-12(14)10(18(3)17-9)8-11(16-15)13(2)6-5-7-19-13/h11,16H,4-8,15H2,1-3H3. The zero-order valence-corrected chi connectivity index (χ0v) is 13.4. The molecule has 2 atom stereocenters. The van der Waals surface area contributed by atoms with E-state index in [1.807, 2.05) is 23.5 Å². The molecule has 1 fully saturated rings. The number of hydrogen-bond acceptors (Lipinski definition) is 4. The van der Waals surface area contributed by atoms with Gasteiger partial charge in [0.15, 0.2) is 0 Å². The predicted molar refractivity (Wildman–Crippen MR) is 82.5 cm³/mol. The van der Waals surface area contributed by atoms with Crippen LogP contribution in [0.4, 0.5) is 0 Å². The van der Waals surface area contributed by atoms with Crippen LogP contribution in [0.25, 0.3) is 0 Å². The van der Waals surface area contributed by atoms with Crippen LogP contribution < -0.4 is 11.3 Å². The largest absolute Gasteiger partial charge is 0.271 e. The van der Waals surface area contributed by atoms with E-state index >= 15 is 0 Å². The first-order valence-corrected chi connectivity index (χ1v) is 8.18. The number of thioether (sulfide) groups is 1. The van der Waals surface area contributed by atoms with Gasteiger partial charge in [-0.05, 0) is 31.9 Å². The van der Waals surface area contributed by atoms with Gasteiger partial charge in [0.1, 0.15) is 0 Å². The van der Waals surface area contributed by atoms with Gasteiger partial charge in [-0.15, -0.1) is 0 Å². The van der Waals surface area contributed by atoms with Gasteiger partial charge < -0.3 is 0 Å². The fourth-order valence-corrected chi connectivity index (χ4v) is 4.53. The van der Waals surface area contributed by atoms with Crippen LogP contribution in [0.1, 0.15) is 38.1 Å². The van der Waals surface area contributed by atoms with Gasteiger partial charge in [-0.1, -0.05) is 18.5 Å². The molecule has 0 amide bonds. The van der Waals surface area contributed by atoms with Gasteiger partial charge in [-0.2, -0.15) is 16.9 Å². The quantitative estimate of drug-likeness (QED) is 0.647. The molecule has 0 aromatic carbocycles. The summed E-state index contributed by atoms with van der Waals surface area (Å²) in [5.74, 6) is 7.01. The number of aryl methyl sites for hydroxylation is 2. The number of nitrogens with one attached hydrogen (secondary N) is 1. The molecular formula is C13H23ClN4S. The molecule has 1 aromatic rings. The highest BCUT2D eigenvalue weighted by Gasteiger charge is 2.38. The summed E-state index contributed by atoms with van der Waals surface area (Å²) in [4.78, 5) is 0. The van der Waals surface area contributed by atoms with Crippen molar-refractivity contribution in [1.82, 2.24) is 15.2 Å². The zero-order valence-electron chi connectivity index (χ0n) is 11.9. The molecule has 1 aliphatic heterocycles. The molecular weight excluding hydrogens is 280 g/mol. The van der Waals surface area contributed by atoms with Crippen LogP contribution in [0.3, 0.4) is 0 Å². The van der Waals surface area contributed by atoms with Crippen LogP contribution in [-0.4, -0.2) is 26.3 Å². The Balaban J connectivity index is 2.21. The van der Waals surface area contributed by atoms with Gasteiger partial charge in [-0.25, -0.2) is 0 Å². The van der Waals surface area contributed by atoms with Crippen LogP contribution in [0.2, 0.25) is 5.02 Å². The van der Waals surface area contributed by atoms with Crippen LogP contribution in [0.5, 0.6) is 0 Å². The second-order valence-corrected chi connectivity index (χ2v) is 7.38. The lowest BCUT2D eigenvalue weighted by Crippen LogP contribution is -2.50. The summed E-state index contributed by atoms with van der Waals surface area (Å²) in [6.07, 6.45) is 4.14. The Morgan fingerprint density at radius 1 is 1.63 bits per heavy atom. The van der Waals surface area contributed by atoms with Crippen molar-refractivity contribution in [3.63, 3.8) is 0 Å². The normalized spacial score (nSPS) is 24.9. The van der Waals surface area contributed by atoms with E-state index in [0.29, 0.717) is 0 Å². The van der Waals surface area contributed by atoms with E-state index in [1.165, 1.54) is 18.6 Å². The van der Waals surface area contributed by atoms with E-state index in [0.717, 1.165) is 29.3 Å². The van der Waals surface area contributed by atoms with Crippen molar-refractivity contribution >= 4 is 23.4 Å². The number of aromatic nitrogens is 2. The minimum Gasteiger partial charge on any atom is -0.271 e. The van der Waals surface area contributed by atoms with Gasteiger partial charge in [0.2, 0.25) is 0 Å². The van der Waals surface area contributed by atoms with Crippen molar-refractivity contribution < 1.29 is 0 Å². The van der Waals surface area contributed by atoms with Crippen LogP contribution in [-0.2, 0) is 19.9 Å². The highest BCUT2D eigenvalue weighted by atomic mass is 35.5. The van der Waals surface area contributed by atoms with Crippen molar-refractivity contribution in [2.45, 2.75) is 50.3 Å². The fraction of sp³-hybridized carbons (Fsp3) is 0.769. The summed E-state index contributed by atoms with van der Waals surface area (Å²) < 4.78 is 2.09. The van der Waals surface area contributed by atoms with Crippen LogP contribution in [0, 0.1) is 0 Å². The highest BCUT2D eigenvalue weighted by Crippen LogP contribution is 2.41. The van der Waals surface area contributed by atoms with Crippen molar-refractivity contribution in [2.75, 3.05) is 5.75 Å². The van der Waals surface area contributed by atoms with Gasteiger partial charge in [0.25, 0.3) is 0 Å². The monoisotopic (exact) mass is 302 g/mol. The molecule has 0 aliphatic carbocycles. The average molecular weight is 303 g/mol. The summed E-state index contributed by atoms with van der Waals surface area (Å²) in [5, 5.41) is 5.28. The van der Waals surface area contributed by atoms with E-state index in [9.17, 15) is 0 Å². The number of hydrogen-bond donors (Lipinski definition) is 2. The third kappa shape index (κ3) is 2.94. The number of hydrazine groups is 1. The maximum absolute atomic E-state index is 6.42. The van der Waals surface area contributed by atoms with Crippen LogP contribution in [0.15, 0.2) is 0 Å².